The molecular formula is C14H10N2O2. The highest BCUT2D eigenvalue weighted by Crippen LogP contribution is 2.22. The fraction of sp³-hybridized carbons (Fsp3) is 0. The predicted octanol–water partition coefficient (Wildman–Crippen LogP) is 2.72. The van der Waals surface area contributed by atoms with E-state index in [0.717, 1.165) is 16.5 Å². The van der Waals surface area contributed by atoms with Crippen molar-refractivity contribution in [3.05, 3.63) is 60.7 Å². The molecule has 3 rings (SSSR count). The monoisotopic (exact) mass is 238 g/mol. The summed E-state index contributed by atoms with van der Waals surface area (Å²) in [5, 5.41) is 11.1. The number of nitrogens with zero attached hydrogens (tertiary/aromatic N) is 2. The van der Waals surface area contributed by atoms with E-state index in [4.69, 9.17) is 5.11 Å². The first-order valence-electron chi connectivity index (χ1n) is 5.51. The molecule has 0 aliphatic rings. The highest BCUT2D eigenvalue weighted by atomic mass is 16.4. The van der Waals surface area contributed by atoms with Gasteiger partial charge in [0.15, 0.2) is 5.69 Å². The summed E-state index contributed by atoms with van der Waals surface area (Å²) in [6.45, 7) is 0. The fourth-order valence-corrected chi connectivity index (χ4v) is 2.00. The van der Waals surface area contributed by atoms with E-state index in [9.17, 15) is 4.79 Å². The van der Waals surface area contributed by atoms with E-state index in [0.29, 0.717) is 0 Å². The van der Waals surface area contributed by atoms with Crippen molar-refractivity contribution < 1.29 is 9.90 Å². The molecule has 4 nitrogen and oxygen atoms in total. The number of carboxylic acid groups (broad SMARTS) is 1. The van der Waals surface area contributed by atoms with Crippen molar-refractivity contribution in [2.24, 2.45) is 0 Å². The number of rotatable bonds is 2. The average molecular weight is 238 g/mol. The molecule has 1 N–H and O–H groups in total. The molecule has 0 saturated heterocycles. The van der Waals surface area contributed by atoms with Gasteiger partial charge in [0.05, 0.1) is 5.69 Å². The number of carbonyl (C=O) groups is 1. The lowest BCUT2D eigenvalue weighted by Gasteiger charge is -2.06. The number of benzene rings is 2. The minimum atomic E-state index is -1.02. The van der Waals surface area contributed by atoms with Gasteiger partial charge >= 0.3 is 5.97 Å². The highest BCUT2D eigenvalue weighted by molar-refractivity contribution is 5.90. The van der Waals surface area contributed by atoms with Crippen LogP contribution in [0.2, 0.25) is 0 Å². The summed E-state index contributed by atoms with van der Waals surface area (Å²) >= 11 is 0. The molecule has 0 saturated carbocycles. The van der Waals surface area contributed by atoms with Crippen LogP contribution in [-0.2, 0) is 0 Å². The minimum absolute atomic E-state index is 0.0444. The van der Waals surface area contributed by atoms with Crippen LogP contribution >= 0.6 is 0 Å². The summed E-state index contributed by atoms with van der Waals surface area (Å²) in [6.07, 6.45) is 3.04. The fourth-order valence-electron chi connectivity index (χ4n) is 2.00. The Labute approximate surface area is 103 Å². The zero-order valence-electron chi connectivity index (χ0n) is 9.45. The summed E-state index contributed by atoms with van der Waals surface area (Å²) in [6, 6.07) is 13.9. The van der Waals surface area contributed by atoms with Crippen LogP contribution < -0.4 is 0 Å². The largest absolute Gasteiger partial charge is 0.476 e. The van der Waals surface area contributed by atoms with Gasteiger partial charge in [-0.3, -0.25) is 0 Å². The van der Waals surface area contributed by atoms with E-state index in [-0.39, 0.29) is 5.69 Å². The maximum absolute atomic E-state index is 10.8. The Morgan fingerprint density at radius 1 is 1.11 bits per heavy atom. The Balaban J connectivity index is 2.21. The third-order valence-electron chi connectivity index (χ3n) is 2.85. The topological polar surface area (TPSA) is 55.1 Å². The van der Waals surface area contributed by atoms with Crippen LogP contribution in [-0.4, -0.2) is 20.6 Å². The van der Waals surface area contributed by atoms with E-state index in [2.05, 4.69) is 4.98 Å². The smallest absolute Gasteiger partial charge is 0.356 e. The molecule has 0 bridgehead atoms. The van der Waals surface area contributed by atoms with Crippen LogP contribution in [0.3, 0.4) is 0 Å². The van der Waals surface area contributed by atoms with Crippen molar-refractivity contribution in [2.45, 2.75) is 0 Å². The molecule has 0 fully saturated rings. The molecule has 3 aromatic rings. The van der Waals surface area contributed by atoms with Gasteiger partial charge in [0, 0.05) is 11.6 Å². The molecule has 0 aliphatic heterocycles. The Hall–Kier alpha value is -2.62. The highest BCUT2D eigenvalue weighted by Gasteiger charge is 2.08. The minimum Gasteiger partial charge on any atom is -0.476 e. The normalized spacial score (nSPS) is 10.7. The summed E-state index contributed by atoms with van der Waals surface area (Å²) < 4.78 is 1.73. The standard InChI is InChI=1S/C14H10N2O2/c17-14(18)12-8-16(9-15-12)13-7-3-5-10-4-1-2-6-11(10)13/h1-9H,(H,17,18). The van der Waals surface area contributed by atoms with E-state index in [1.807, 2.05) is 42.5 Å². The van der Waals surface area contributed by atoms with Gasteiger partial charge in [-0.1, -0.05) is 36.4 Å². The van der Waals surface area contributed by atoms with Crippen molar-refractivity contribution >= 4 is 16.7 Å². The van der Waals surface area contributed by atoms with Crippen molar-refractivity contribution in [1.82, 2.24) is 9.55 Å². The SMILES string of the molecule is O=C(O)c1cn(-c2cccc3ccccc23)cn1. The Bertz CT molecular complexity index is 726. The van der Waals surface area contributed by atoms with Crippen LogP contribution in [0.4, 0.5) is 0 Å². The van der Waals surface area contributed by atoms with Crippen LogP contribution in [0.1, 0.15) is 10.5 Å². The second-order valence-corrected chi connectivity index (χ2v) is 3.97. The van der Waals surface area contributed by atoms with Gasteiger partial charge in [0.1, 0.15) is 6.33 Å². The molecule has 0 radical (unpaired) electrons. The number of aromatic carboxylic acids is 1. The maximum atomic E-state index is 10.8. The van der Waals surface area contributed by atoms with Gasteiger partial charge in [-0.2, -0.15) is 0 Å². The molecule has 1 aromatic heterocycles. The van der Waals surface area contributed by atoms with Gasteiger partial charge in [0.25, 0.3) is 0 Å². The molecule has 0 spiro atoms. The lowest BCUT2D eigenvalue weighted by atomic mass is 10.1. The molecule has 4 heteroatoms. The molecular weight excluding hydrogens is 228 g/mol. The molecule has 0 aliphatic carbocycles. The number of imidazole rings is 1. The number of fused-ring (bicyclic) bond motifs is 1. The number of carboxylic acids is 1. The number of hydrogen-bond donors (Lipinski definition) is 1. The van der Waals surface area contributed by atoms with Crippen LogP contribution in [0.5, 0.6) is 0 Å². The zero-order valence-corrected chi connectivity index (χ0v) is 9.45. The van der Waals surface area contributed by atoms with Gasteiger partial charge in [-0.15, -0.1) is 0 Å². The number of aromatic nitrogens is 2. The van der Waals surface area contributed by atoms with Gasteiger partial charge < -0.3 is 9.67 Å². The van der Waals surface area contributed by atoms with Gasteiger partial charge in [-0.05, 0) is 11.5 Å². The second kappa shape index (κ2) is 4.00. The summed E-state index contributed by atoms with van der Waals surface area (Å²) in [5.41, 5.74) is 0.969. The van der Waals surface area contributed by atoms with Gasteiger partial charge in [-0.25, -0.2) is 9.78 Å². The average Bonchev–Trinajstić information content (AvgIpc) is 2.87. The molecule has 2 aromatic carbocycles. The van der Waals surface area contributed by atoms with Crippen LogP contribution in [0, 0.1) is 0 Å². The Morgan fingerprint density at radius 3 is 2.67 bits per heavy atom. The predicted molar refractivity (Wildman–Crippen MR) is 68.0 cm³/mol. The molecule has 0 unspecified atom stereocenters. The first kappa shape index (κ1) is 10.5. The maximum Gasteiger partial charge on any atom is 0.356 e. The molecule has 0 atom stereocenters. The van der Waals surface area contributed by atoms with Gasteiger partial charge in [0.2, 0.25) is 0 Å². The first-order valence-corrected chi connectivity index (χ1v) is 5.51. The van der Waals surface area contributed by atoms with E-state index in [1.165, 1.54) is 12.5 Å². The first-order chi connectivity index (χ1) is 8.75. The lowest BCUT2D eigenvalue weighted by Crippen LogP contribution is -1.96. The third-order valence-corrected chi connectivity index (χ3v) is 2.85. The van der Waals surface area contributed by atoms with Crippen molar-refractivity contribution in [2.75, 3.05) is 0 Å². The Kier molecular flexibility index (Phi) is 2.34. The molecule has 88 valence electrons. The Morgan fingerprint density at radius 2 is 1.89 bits per heavy atom. The summed E-state index contributed by atoms with van der Waals surface area (Å²) in [5.74, 6) is -1.02. The van der Waals surface area contributed by atoms with Crippen LogP contribution in [0.15, 0.2) is 55.0 Å². The quantitative estimate of drug-likeness (QED) is 0.746. The second-order valence-electron chi connectivity index (χ2n) is 3.97. The summed E-state index contributed by atoms with van der Waals surface area (Å²) in [7, 11) is 0. The third kappa shape index (κ3) is 1.64. The summed E-state index contributed by atoms with van der Waals surface area (Å²) in [4.78, 5) is 14.7. The number of hydrogen-bond acceptors (Lipinski definition) is 2. The van der Waals surface area contributed by atoms with Crippen molar-refractivity contribution in [3.63, 3.8) is 0 Å². The van der Waals surface area contributed by atoms with E-state index >= 15 is 0 Å². The molecule has 0 amide bonds. The van der Waals surface area contributed by atoms with E-state index in [1.54, 1.807) is 4.57 Å². The lowest BCUT2D eigenvalue weighted by molar-refractivity contribution is 0.0691. The van der Waals surface area contributed by atoms with Crippen molar-refractivity contribution in [1.29, 1.82) is 0 Å². The van der Waals surface area contributed by atoms with E-state index < -0.39 is 5.97 Å². The zero-order chi connectivity index (χ0) is 12.5. The van der Waals surface area contributed by atoms with Crippen LogP contribution in [0.25, 0.3) is 16.5 Å². The van der Waals surface area contributed by atoms with Crippen molar-refractivity contribution in [3.8, 4) is 5.69 Å². The molecule has 18 heavy (non-hydrogen) atoms. The molecule has 1 heterocycles.